The molecule has 0 unspecified atom stereocenters. The highest BCUT2D eigenvalue weighted by Crippen LogP contribution is 2.32. The molecule has 1 aliphatic carbocycles. The van der Waals surface area contributed by atoms with Crippen molar-refractivity contribution in [2.45, 2.75) is 68.6 Å². The first-order chi connectivity index (χ1) is 17.8. The maximum atomic E-state index is 12.9. The Morgan fingerprint density at radius 1 is 1.00 bits per heavy atom. The Bertz CT molecular complexity index is 1370. The predicted octanol–water partition coefficient (Wildman–Crippen LogP) is 6.14. The van der Waals surface area contributed by atoms with Crippen LogP contribution in [0, 0.1) is 0 Å². The van der Waals surface area contributed by atoms with Crippen LogP contribution in [0.1, 0.15) is 50.7 Å². The van der Waals surface area contributed by atoms with E-state index in [0.717, 1.165) is 18.5 Å². The van der Waals surface area contributed by atoms with Crippen LogP contribution >= 0.6 is 11.6 Å². The van der Waals surface area contributed by atoms with Crippen molar-refractivity contribution in [3.05, 3.63) is 64.8 Å². The van der Waals surface area contributed by atoms with Crippen LogP contribution in [0.15, 0.2) is 53.6 Å². The number of likely N-dealkylation sites (tertiary alicyclic amines) is 1. The summed E-state index contributed by atoms with van der Waals surface area (Å²) in [6.45, 7) is 5.82. The highest BCUT2D eigenvalue weighted by atomic mass is 35.5. The van der Waals surface area contributed by atoms with Gasteiger partial charge in [0.15, 0.2) is 15.7 Å². The third-order valence-corrected chi connectivity index (χ3v) is 9.91. The quantitative estimate of drug-likeness (QED) is 0.348. The summed E-state index contributed by atoms with van der Waals surface area (Å²) in [7, 11) is -3.49. The molecule has 2 N–H and O–H groups in total. The largest absolute Gasteiger partial charge is 0.338 e. The maximum Gasteiger partial charge on any atom is 0.229 e. The number of aryl methyl sites for hydroxylation is 2. The average Bonchev–Trinajstić information content (AvgIpc) is 3.34. The van der Waals surface area contributed by atoms with E-state index in [0.29, 0.717) is 28.5 Å². The van der Waals surface area contributed by atoms with Crippen molar-refractivity contribution in [3.8, 4) is 0 Å². The van der Waals surface area contributed by atoms with E-state index in [2.05, 4.69) is 43.7 Å². The van der Waals surface area contributed by atoms with Crippen molar-refractivity contribution in [3.63, 3.8) is 0 Å². The maximum absolute atomic E-state index is 12.9. The number of nitrogens with one attached hydrogen (secondary N) is 2. The lowest BCUT2D eigenvalue weighted by atomic mass is 10.0. The van der Waals surface area contributed by atoms with Gasteiger partial charge in [0, 0.05) is 11.7 Å². The Morgan fingerprint density at radius 3 is 2.49 bits per heavy atom. The highest BCUT2D eigenvalue weighted by molar-refractivity contribution is 7.92. The second-order valence-electron chi connectivity index (χ2n) is 10.2. The number of halogens is 1. The lowest BCUT2D eigenvalue weighted by molar-refractivity contribution is 0.222. The van der Waals surface area contributed by atoms with Gasteiger partial charge in [0.2, 0.25) is 5.95 Å². The number of hydrogen-bond acceptors (Lipinski definition) is 7. The monoisotopic (exact) mass is 539 g/mol. The predicted molar refractivity (Wildman–Crippen MR) is 150 cm³/mol. The van der Waals surface area contributed by atoms with Gasteiger partial charge < -0.3 is 15.5 Å². The molecule has 2 aromatic carbocycles. The van der Waals surface area contributed by atoms with Crippen molar-refractivity contribution in [2.75, 3.05) is 23.7 Å². The number of rotatable bonds is 7. The molecule has 1 saturated heterocycles. The van der Waals surface area contributed by atoms with E-state index in [9.17, 15) is 8.42 Å². The highest BCUT2D eigenvalue weighted by Gasteiger charge is 2.25. The minimum atomic E-state index is -3.49. The summed E-state index contributed by atoms with van der Waals surface area (Å²) in [6.07, 6.45) is 8.78. The van der Waals surface area contributed by atoms with Crippen LogP contribution in [0.3, 0.4) is 0 Å². The molecule has 3 aromatic rings. The van der Waals surface area contributed by atoms with Gasteiger partial charge in [-0.15, -0.1) is 0 Å². The summed E-state index contributed by atoms with van der Waals surface area (Å²) >= 11 is 6.39. The van der Waals surface area contributed by atoms with Gasteiger partial charge >= 0.3 is 0 Å². The first kappa shape index (κ1) is 25.9. The molecule has 2 aliphatic rings. The van der Waals surface area contributed by atoms with Gasteiger partial charge in [-0.2, -0.15) is 4.98 Å². The molecule has 1 aromatic heterocycles. The normalized spacial score (nSPS) is 18.4. The smallest absolute Gasteiger partial charge is 0.229 e. The number of fused-ring (bicyclic) bond motifs is 1. The van der Waals surface area contributed by atoms with Gasteiger partial charge in [-0.25, -0.2) is 13.4 Å². The fourth-order valence-electron chi connectivity index (χ4n) is 5.28. The zero-order valence-electron chi connectivity index (χ0n) is 21.4. The standard InChI is InChI=1S/C28H34ClN5O2S/c1-19(2)37(35,36)26-8-4-3-7-25(26)32-27-24(29)18-30-28(33-27)31-22-12-9-20-10-13-23(14-11-21(20)17-22)34-15-5-6-16-34/h3-4,7-9,12,17-19,23H,5-6,10-11,13-16H2,1-2H3,(H2,30,31,32,33)/t23-/m0/s1. The third-order valence-electron chi connectivity index (χ3n) is 7.42. The Hall–Kier alpha value is -2.68. The molecular formula is C28H34ClN5O2S. The second-order valence-corrected chi connectivity index (χ2v) is 13.1. The van der Waals surface area contributed by atoms with E-state index in [1.165, 1.54) is 56.1 Å². The third kappa shape index (κ3) is 5.76. The molecule has 1 aliphatic heterocycles. The van der Waals surface area contributed by atoms with Crippen LogP contribution < -0.4 is 10.6 Å². The fourth-order valence-corrected chi connectivity index (χ4v) is 6.62. The minimum Gasteiger partial charge on any atom is -0.338 e. The molecule has 2 heterocycles. The molecule has 0 amide bonds. The number of benzene rings is 2. The average molecular weight is 540 g/mol. The summed E-state index contributed by atoms with van der Waals surface area (Å²) < 4.78 is 25.7. The Kier molecular flexibility index (Phi) is 7.70. The first-order valence-corrected chi connectivity index (χ1v) is 15.0. The lowest BCUT2D eigenvalue weighted by Crippen LogP contribution is -2.32. The summed E-state index contributed by atoms with van der Waals surface area (Å²) in [5.41, 5.74) is 4.16. The van der Waals surface area contributed by atoms with E-state index < -0.39 is 15.1 Å². The molecule has 1 atom stereocenters. The lowest BCUT2D eigenvalue weighted by Gasteiger charge is -2.25. The number of para-hydroxylation sites is 1. The molecule has 0 radical (unpaired) electrons. The van der Waals surface area contributed by atoms with Crippen molar-refractivity contribution >= 4 is 44.6 Å². The molecule has 0 bridgehead atoms. The molecular weight excluding hydrogens is 506 g/mol. The van der Waals surface area contributed by atoms with E-state index in [1.807, 2.05) is 0 Å². The number of sulfone groups is 1. The van der Waals surface area contributed by atoms with Gasteiger partial charge in [0.25, 0.3) is 0 Å². The van der Waals surface area contributed by atoms with E-state index in [-0.39, 0.29) is 4.90 Å². The van der Waals surface area contributed by atoms with E-state index >= 15 is 0 Å². The van der Waals surface area contributed by atoms with Gasteiger partial charge in [0.05, 0.1) is 22.0 Å². The van der Waals surface area contributed by atoms with Crippen LogP contribution in [0.4, 0.5) is 23.1 Å². The van der Waals surface area contributed by atoms with Gasteiger partial charge in [0.1, 0.15) is 5.02 Å². The Morgan fingerprint density at radius 2 is 1.73 bits per heavy atom. The summed E-state index contributed by atoms with van der Waals surface area (Å²) in [5.74, 6) is 0.730. The van der Waals surface area contributed by atoms with Crippen molar-refractivity contribution in [2.24, 2.45) is 0 Å². The van der Waals surface area contributed by atoms with E-state index in [1.54, 1.807) is 38.1 Å². The summed E-state index contributed by atoms with van der Waals surface area (Å²) in [6, 6.07) is 14.0. The van der Waals surface area contributed by atoms with Crippen molar-refractivity contribution in [1.29, 1.82) is 0 Å². The van der Waals surface area contributed by atoms with E-state index in [4.69, 9.17) is 11.6 Å². The zero-order valence-corrected chi connectivity index (χ0v) is 22.9. The summed E-state index contributed by atoms with van der Waals surface area (Å²) in [5, 5.41) is 6.17. The number of hydrogen-bond donors (Lipinski definition) is 2. The SMILES string of the molecule is CC(C)S(=O)(=O)c1ccccc1Nc1nc(Nc2ccc3c(c2)CC[C@@H](N2CCCC2)CC3)ncc1Cl. The van der Waals surface area contributed by atoms with Crippen LogP contribution in [0.25, 0.3) is 0 Å². The van der Waals surface area contributed by atoms with Crippen LogP contribution in [0.5, 0.6) is 0 Å². The fraction of sp³-hybridized carbons (Fsp3) is 0.429. The minimum absolute atomic E-state index is 0.215. The Labute approximate surface area is 224 Å². The first-order valence-electron chi connectivity index (χ1n) is 13.1. The topological polar surface area (TPSA) is 87.2 Å². The van der Waals surface area contributed by atoms with Gasteiger partial charge in [-0.3, -0.25) is 0 Å². The molecule has 7 nitrogen and oxygen atoms in total. The number of aromatic nitrogens is 2. The van der Waals surface area contributed by atoms with Gasteiger partial charge in [-0.1, -0.05) is 29.8 Å². The molecule has 0 saturated carbocycles. The molecule has 5 rings (SSSR count). The molecule has 0 spiro atoms. The van der Waals surface area contributed by atoms with Crippen molar-refractivity contribution < 1.29 is 8.42 Å². The molecule has 196 valence electrons. The number of nitrogens with zero attached hydrogens (tertiary/aromatic N) is 3. The number of anilines is 4. The van der Waals surface area contributed by atoms with Gasteiger partial charge in [-0.05, 0) is 101 Å². The van der Waals surface area contributed by atoms with Crippen molar-refractivity contribution in [1.82, 2.24) is 14.9 Å². The molecule has 37 heavy (non-hydrogen) atoms. The Balaban J connectivity index is 1.33. The molecule has 9 heteroatoms. The zero-order chi connectivity index (χ0) is 26.0. The van der Waals surface area contributed by atoms with Crippen LogP contribution in [-0.4, -0.2) is 47.7 Å². The second kappa shape index (κ2) is 11.0. The van der Waals surface area contributed by atoms with Crippen LogP contribution in [0.2, 0.25) is 5.02 Å². The summed E-state index contributed by atoms with van der Waals surface area (Å²) in [4.78, 5) is 11.8. The van der Waals surface area contributed by atoms with Crippen LogP contribution in [-0.2, 0) is 22.7 Å². The molecule has 1 fully saturated rings.